The summed E-state index contributed by atoms with van der Waals surface area (Å²) < 4.78 is 0. The number of rotatable bonds is 4. The van der Waals surface area contributed by atoms with Crippen LogP contribution in [0.15, 0.2) is 6.07 Å². The van der Waals surface area contributed by atoms with Crippen LogP contribution >= 0.6 is 11.3 Å². The molecule has 0 radical (unpaired) electrons. The van der Waals surface area contributed by atoms with E-state index in [1.54, 1.807) is 0 Å². The molecule has 76 valence electrons. The van der Waals surface area contributed by atoms with Crippen LogP contribution in [0.1, 0.15) is 28.7 Å². The minimum atomic E-state index is 0.206. The number of hydrogen-bond donors (Lipinski definition) is 1. The second kappa shape index (κ2) is 5.19. The first kappa shape index (κ1) is 11.3. The smallest absolute Gasteiger partial charge is 0.0687 e. The van der Waals surface area contributed by atoms with Gasteiger partial charge in [-0.25, -0.2) is 0 Å². The maximum absolute atomic E-state index is 5.37. The van der Waals surface area contributed by atoms with Gasteiger partial charge in [-0.3, -0.25) is 5.32 Å². The monoisotopic (exact) mass is 207 g/mol. The Bertz CT molecular complexity index is 313. The second-order valence-corrected chi connectivity index (χ2v) is 4.80. The van der Waals surface area contributed by atoms with Gasteiger partial charge in [0.15, 0.2) is 0 Å². The highest BCUT2D eigenvalue weighted by Gasteiger charge is 2.04. The van der Waals surface area contributed by atoms with Crippen molar-refractivity contribution >= 4 is 11.3 Å². The van der Waals surface area contributed by atoms with Gasteiger partial charge in [0.2, 0.25) is 0 Å². The largest absolute Gasteiger partial charge is 0.299 e. The highest BCUT2D eigenvalue weighted by molar-refractivity contribution is 7.12. The van der Waals surface area contributed by atoms with Crippen molar-refractivity contribution in [1.29, 1.82) is 0 Å². The molecule has 0 aliphatic carbocycles. The Hall–Kier alpha value is -0.780. The van der Waals surface area contributed by atoms with E-state index in [0.29, 0.717) is 0 Å². The van der Waals surface area contributed by atoms with Crippen molar-refractivity contribution in [3.63, 3.8) is 0 Å². The van der Waals surface area contributed by atoms with Crippen molar-refractivity contribution < 1.29 is 0 Å². The number of hydrogen-bond acceptors (Lipinski definition) is 2. The van der Waals surface area contributed by atoms with Gasteiger partial charge in [-0.15, -0.1) is 17.8 Å². The lowest BCUT2D eigenvalue weighted by Gasteiger charge is -2.08. The maximum Gasteiger partial charge on any atom is 0.0687 e. The maximum atomic E-state index is 5.37. The molecule has 2 heteroatoms. The number of nitrogens with one attached hydrogen (secondary N) is 1. The molecule has 1 nitrogen and oxygen atoms in total. The van der Waals surface area contributed by atoms with Crippen LogP contribution in [-0.4, -0.2) is 6.04 Å². The summed E-state index contributed by atoms with van der Waals surface area (Å²) in [5.74, 6) is 2.74. The topological polar surface area (TPSA) is 12.0 Å². The number of thiophene rings is 1. The Morgan fingerprint density at radius 2 is 2.29 bits per heavy atom. The van der Waals surface area contributed by atoms with E-state index in [-0.39, 0.29) is 6.04 Å². The van der Waals surface area contributed by atoms with Crippen molar-refractivity contribution in [2.75, 3.05) is 0 Å². The molecule has 0 aromatic carbocycles. The third-order valence-electron chi connectivity index (χ3n) is 2.35. The molecule has 0 aliphatic rings. The molecule has 14 heavy (non-hydrogen) atoms. The minimum Gasteiger partial charge on any atom is -0.299 e. The van der Waals surface area contributed by atoms with Crippen molar-refractivity contribution in [2.24, 2.45) is 0 Å². The first-order chi connectivity index (χ1) is 6.67. The normalized spacial score (nSPS) is 12.4. The van der Waals surface area contributed by atoms with Crippen molar-refractivity contribution in [1.82, 2.24) is 5.32 Å². The van der Waals surface area contributed by atoms with E-state index in [1.807, 2.05) is 11.3 Å². The van der Waals surface area contributed by atoms with Crippen LogP contribution in [0.3, 0.4) is 0 Å². The van der Waals surface area contributed by atoms with Gasteiger partial charge in [0.05, 0.1) is 6.04 Å². The molecule has 0 aliphatic heterocycles. The molecule has 0 saturated carbocycles. The van der Waals surface area contributed by atoms with Gasteiger partial charge in [0.25, 0.3) is 0 Å². The van der Waals surface area contributed by atoms with E-state index in [9.17, 15) is 0 Å². The predicted octanol–water partition coefficient (Wildman–Crippen LogP) is 2.87. The number of aryl methyl sites for hydroxylation is 2. The molecular formula is C12H17NS. The van der Waals surface area contributed by atoms with Crippen LogP contribution in [0.25, 0.3) is 0 Å². The molecular weight excluding hydrogens is 190 g/mol. The van der Waals surface area contributed by atoms with Gasteiger partial charge in [0.1, 0.15) is 0 Å². The Balaban J connectivity index is 2.50. The summed E-state index contributed by atoms with van der Waals surface area (Å²) in [7, 11) is 0. The van der Waals surface area contributed by atoms with Crippen LogP contribution in [0, 0.1) is 26.2 Å². The molecule has 1 unspecified atom stereocenters. The van der Waals surface area contributed by atoms with E-state index in [0.717, 1.165) is 13.0 Å². The highest BCUT2D eigenvalue weighted by atomic mass is 32.1. The average molecular weight is 207 g/mol. The predicted molar refractivity (Wildman–Crippen MR) is 63.5 cm³/mol. The zero-order valence-electron chi connectivity index (χ0n) is 9.05. The summed E-state index contributed by atoms with van der Waals surface area (Å²) in [5, 5.41) is 3.35. The summed E-state index contributed by atoms with van der Waals surface area (Å²) in [6.07, 6.45) is 6.36. The van der Waals surface area contributed by atoms with Gasteiger partial charge >= 0.3 is 0 Å². The zero-order chi connectivity index (χ0) is 10.6. The Morgan fingerprint density at radius 1 is 1.57 bits per heavy atom. The van der Waals surface area contributed by atoms with Crippen LogP contribution < -0.4 is 5.32 Å². The fraction of sp³-hybridized carbons (Fsp3) is 0.500. The quantitative estimate of drug-likeness (QED) is 0.749. The van der Waals surface area contributed by atoms with E-state index in [1.165, 1.54) is 15.3 Å². The lowest BCUT2D eigenvalue weighted by Crippen LogP contribution is -2.25. The summed E-state index contributed by atoms with van der Waals surface area (Å²) >= 11 is 1.85. The zero-order valence-corrected chi connectivity index (χ0v) is 9.87. The van der Waals surface area contributed by atoms with Crippen LogP contribution in [-0.2, 0) is 6.54 Å². The van der Waals surface area contributed by atoms with Crippen LogP contribution in [0.4, 0.5) is 0 Å². The molecule has 1 N–H and O–H groups in total. The van der Waals surface area contributed by atoms with Crippen LogP contribution in [0.5, 0.6) is 0 Å². The Kier molecular flexibility index (Phi) is 4.19. The summed E-state index contributed by atoms with van der Waals surface area (Å²) in [4.78, 5) is 2.77. The van der Waals surface area contributed by atoms with Gasteiger partial charge in [0, 0.05) is 16.3 Å². The average Bonchev–Trinajstić information content (AvgIpc) is 2.48. The Labute approximate surface area is 90.5 Å². The summed E-state index contributed by atoms with van der Waals surface area (Å²) in [6, 6.07) is 2.44. The first-order valence-corrected chi connectivity index (χ1v) is 5.74. The Morgan fingerprint density at radius 3 is 2.71 bits per heavy atom. The molecule has 0 spiro atoms. The minimum absolute atomic E-state index is 0.206. The van der Waals surface area contributed by atoms with E-state index in [2.05, 4.69) is 38.1 Å². The molecule has 0 fully saturated rings. The molecule has 1 aromatic heterocycles. The van der Waals surface area contributed by atoms with Crippen molar-refractivity contribution in [3.05, 3.63) is 21.4 Å². The van der Waals surface area contributed by atoms with Gasteiger partial charge < -0.3 is 0 Å². The second-order valence-electron chi connectivity index (χ2n) is 3.46. The fourth-order valence-corrected chi connectivity index (χ4v) is 2.29. The summed E-state index contributed by atoms with van der Waals surface area (Å²) in [6.45, 7) is 7.29. The molecule has 0 bridgehead atoms. The van der Waals surface area contributed by atoms with E-state index in [4.69, 9.17) is 6.42 Å². The third-order valence-corrected chi connectivity index (χ3v) is 3.50. The van der Waals surface area contributed by atoms with Gasteiger partial charge in [-0.2, -0.15) is 0 Å². The third kappa shape index (κ3) is 2.87. The fourth-order valence-electron chi connectivity index (χ4n) is 1.28. The standard InChI is InChI=1S/C12H17NS/c1-5-11(6-2)13-8-12-7-9(3)10(4)14-12/h1,7,11,13H,6,8H2,2-4H3. The molecule has 1 heterocycles. The lowest BCUT2D eigenvalue weighted by molar-refractivity contribution is 0.596. The van der Waals surface area contributed by atoms with E-state index >= 15 is 0 Å². The SMILES string of the molecule is C#CC(CC)NCc1cc(C)c(C)s1. The van der Waals surface area contributed by atoms with Gasteiger partial charge in [-0.1, -0.05) is 12.8 Å². The summed E-state index contributed by atoms with van der Waals surface area (Å²) in [5.41, 5.74) is 1.38. The molecule has 0 amide bonds. The van der Waals surface area contributed by atoms with Crippen molar-refractivity contribution in [2.45, 2.75) is 39.8 Å². The highest BCUT2D eigenvalue weighted by Crippen LogP contribution is 2.20. The number of terminal acetylenes is 1. The van der Waals surface area contributed by atoms with Crippen LogP contribution in [0.2, 0.25) is 0 Å². The lowest BCUT2D eigenvalue weighted by atomic mass is 10.2. The molecule has 0 saturated heterocycles. The first-order valence-electron chi connectivity index (χ1n) is 4.92. The molecule has 1 aromatic rings. The van der Waals surface area contributed by atoms with Crippen molar-refractivity contribution in [3.8, 4) is 12.3 Å². The van der Waals surface area contributed by atoms with E-state index < -0.39 is 0 Å². The molecule has 1 rings (SSSR count). The molecule has 1 atom stereocenters. The van der Waals surface area contributed by atoms with Gasteiger partial charge in [-0.05, 0) is 31.9 Å².